The number of nitrogen functional groups attached to an aromatic ring is 1. The van der Waals surface area contributed by atoms with Gasteiger partial charge in [0.25, 0.3) is 10.1 Å². The number of halogens is 1. The summed E-state index contributed by atoms with van der Waals surface area (Å²) in [6.45, 7) is 2.96. The SMILES string of the molecule is Cc1ccc2c(c1)C(S(=O)(=O)c1ccc(N)c(Cl)c1)C(C)(S(=O)(=O)O)N2C. The van der Waals surface area contributed by atoms with Crippen LogP contribution < -0.4 is 10.6 Å². The predicted octanol–water partition coefficient (Wildman–Crippen LogP) is 2.80. The summed E-state index contributed by atoms with van der Waals surface area (Å²) in [5.74, 6) is 0. The van der Waals surface area contributed by atoms with Crippen molar-refractivity contribution < 1.29 is 21.4 Å². The smallest absolute Gasteiger partial charge is 0.290 e. The van der Waals surface area contributed by atoms with E-state index in [2.05, 4.69) is 0 Å². The van der Waals surface area contributed by atoms with Gasteiger partial charge in [-0.05, 0) is 43.7 Å². The van der Waals surface area contributed by atoms with Crippen LogP contribution in [0.5, 0.6) is 0 Å². The lowest BCUT2D eigenvalue weighted by molar-refractivity contribution is 0.425. The number of nitrogens with two attached hydrogens (primary N) is 1. The molecule has 2 aromatic carbocycles. The fourth-order valence-electron chi connectivity index (χ4n) is 3.48. The number of anilines is 2. The number of benzene rings is 2. The molecule has 7 nitrogen and oxygen atoms in total. The van der Waals surface area contributed by atoms with Crippen molar-refractivity contribution in [1.29, 1.82) is 0 Å². The molecule has 10 heteroatoms. The number of hydrogen-bond donors (Lipinski definition) is 2. The molecular weight excluding hydrogens is 412 g/mol. The van der Waals surface area contributed by atoms with Gasteiger partial charge < -0.3 is 10.6 Å². The van der Waals surface area contributed by atoms with Crippen molar-refractivity contribution in [2.24, 2.45) is 0 Å². The number of aryl methyl sites for hydroxylation is 1. The van der Waals surface area contributed by atoms with E-state index in [0.29, 0.717) is 11.3 Å². The third-order valence-electron chi connectivity index (χ3n) is 5.11. The molecule has 2 unspecified atom stereocenters. The zero-order chi connectivity index (χ0) is 20.4. The van der Waals surface area contributed by atoms with Crippen molar-refractivity contribution in [1.82, 2.24) is 0 Å². The molecule has 1 aliphatic heterocycles. The van der Waals surface area contributed by atoms with Gasteiger partial charge in [-0.2, -0.15) is 8.42 Å². The molecule has 0 fully saturated rings. The minimum absolute atomic E-state index is 0.0421. The lowest BCUT2D eigenvalue weighted by Gasteiger charge is -2.35. The van der Waals surface area contributed by atoms with Crippen molar-refractivity contribution in [3.05, 3.63) is 52.5 Å². The van der Waals surface area contributed by atoms with Crippen molar-refractivity contribution in [2.45, 2.75) is 28.9 Å². The van der Waals surface area contributed by atoms with Crippen LogP contribution >= 0.6 is 11.6 Å². The number of nitrogens with zero attached hydrogens (tertiary/aromatic N) is 1. The monoisotopic (exact) mass is 430 g/mol. The Morgan fingerprint density at radius 3 is 2.33 bits per heavy atom. The zero-order valence-electron chi connectivity index (χ0n) is 14.8. The van der Waals surface area contributed by atoms with Gasteiger partial charge in [-0.1, -0.05) is 29.3 Å². The maximum absolute atomic E-state index is 13.5. The predicted molar refractivity (Wildman–Crippen MR) is 105 cm³/mol. The Bertz CT molecular complexity index is 1150. The second kappa shape index (κ2) is 6.10. The van der Waals surface area contributed by atoms with Crippen LogP contribution in [0.3, 0.4) is 0 Å². The van der Waals surface area contributed by atoms with Crippen LogP contribution in [-0.4, -0.2) is 33.3 Å². The Labute approximate surface area is 163 Å². The van der Waals surface area contributed by atoms with Crippen LogP contribution in [0.4, 0.5) is 11.4 Å². The molecule has 0 aliphatic carbocycles. The highest BCUT2D eigenvalue weighted by atomic mass is 35.5. The molecule has 3 N–H and O–H groups in total. The molecule has 0 radical (unpaired) electrons. The average molecular weight is 431 g/mol. The molecule has 0 saturated carbocycles. The summed E-state index contributed by atoms with van der Waals surface area (Å²) in [5.41, 5.74) is 7.33. The van der Waals surface area contributed by atoms with Crippen LogP contribution in [0.2, 0.25) is 5.02 Å². The van der Waals surface area contributed by atoms with Crippen molar-refractivity contribution in [3.8, 4) is 0 Å². The van der Waals surface area contributed by atoms with Crippen molar-refractivity contribution in [2.75, 3.05) is 17.7 Å². The topological polar surface area (TPSA) is 118 Å². The van der Waals surface area contributed by atoms with E-state index in [9.17, 15) is 21.4 Å². The summed E-state index contributed by atoms with van der Waals surface area (Å²) < 4.78 is 61.6. The van der Waals surface area contributed by atoms with E-state index in [1.165, 1.54) is 37.1 Å². The van der Waals surface area contributed by atoms with Gasteiger partial charge in [-0.3, -0.25) is 4.55 Å². The minimum atomic E-state index is -4.80. The fraction of sp³-hybridized carbons (Fsp3) is 0.294. The quantitative estimate of drug-likeness (QED) is 0.567. The van der Waals surface area contributed by atoms with Crippen LogP contribution in [0.1, 0.15) is 23.3 Å². The molecular formula is C17H19ClN2O5S2. The largest absolute Gasteiger partial charge is 0.398 e. The fourth-order valence-corrected chi connectivity index (χ4v) is 7.38. The number of sulfone groups is 1. The first-order valence-corrected chi connectivity index (χ1v) is 11.3. The molecule has 0 bridgehead atoms. The van der Waals surface area contributed by atoms with E-state index >= 15 is 0 Å². The highest BCUT2D eigenvalue weighted by Gasteiger charge is 2.61. The van der Waals surface area contributed by atoms with E-state index in [1.807, 2.05) is 0 Å². The van der Waals surface area contributed by atoms with Gasteiger partial charge >= 0.3 is 0 Å². The first-order chi connectivity index (χ1) is 12.3. The molecule has 0 amide bonds. The summed E-state index contributed by atoms with van der Waals surface area (Å²) >= 11 is 5.97. The van der Waals surface area contributed by atoms with E-state index in [4.69, 9.17) is 17.3 Å². The normalized spacial score (nSPS) is 22.7. The van der Waals surface area contributed by atoms with Crippen LogP contribution in [-0.2, 0) is 20.0 Å². The summed E-state index contributed by atoms with van der Waals surface area (Å²) in [7, 11) is -7.62. The third-order valence-corrected chi connectivity index (χ3v) is 9.39. The number of hydrogen-bond acceptors (Lipinski definition) is 6. The van der Waals surface area contributed by atoms with Gasteiger partial charge in [0, 0.05) is 12.7 Å². The molecule has 3 rings (SSSR count). The molecule has 0 spiro atoms. The van der Waals surface area contributed by atoms with E-state index in [-0.39, 0.29) is 15.6 Å². The molecule has 2 atom stereocenters. The highest BCUT2D eigenvalue weighted by molar-refractivity contribution is 7.94. The molecule has 146 valence electrons. The Morgan fingerprint density at radius 1 is 1.15 bits per heavy atom. The Hall–Kier alpha value is -1.81. The van der Waals surface area contributed by atoms with Gasteiger partial charge in [0.2, 0.25) is 0 Å². The van der Waals surface area contributed by atoms with Crippen molar-refractivity contribution >= 4 is 42.9 Å². The molecule has 0 saturated heterocycles. The zero-order valence-corrected chi connectivity index (χ0v) is 17.2. The van der Waals surface area contributed by atoms with Gasteiger partial charge in [-0.15, -0.1) is 0 Å². The first kappa shape index (κ1) is 19.9. The van der Waals surface area contributed by atoms with Gasteiger partial charge in [0.15, 0.2) is 14.7 Å². The summed E-state index contributed by atoms with van der Waals surface area (Å²) in [6.07, 6.45) is 0. The van der Waals surface area contributed by atoms with E-state index in [0.717, 1.165) is 5.56 Å². The van der Waals surface area contributed by atoms with Crippen LogP contribution in [0.15, 0.2) is 41.3 Å². The molecule has 1 aliphatic rings. The Balaban J connectivity index is 2.36. The van der Waals surface area contributed by atoms with E-state index in [1.54, 1.807) is 25.1 Å². The first-order valence-electron chi connectivity index (χ1n) is 7.92. The maximum Gasteiger partial charge on any atom is 0.290 e. The maximum atomic E-state index is 13.5. The molecule has 27 heavy (non-hydrogen) atoms. The second-order valence-corrected chi connectivity index (χ2v) is 11.0. The number of fused-ring (bicyclic) bond motifs is 1. The van der Waals surface area contributed by atoms with Crippen LogP contribution in [0, 0.1) is 6.92 Å². The number of likely N-dealkylation sites (N-methyl/N-ethyl adjacent to an activating group) is 1. The third kappa shape index (κ3) is 2.80. The van der Waals surface area contributed by atoms with Crippen LogP contribution in [0.25, 0.3) is 0 Å². The highest BCUT2D eigenvalue weighted by Crippen LogP contribution is 2.53. The lowest BCUT2D eigenvalue weighted by Crippen LogP contribution is -2.52. The molecule has 2 aromatic rings. The Kier molecular flexibility index (Phi) is 4.50. The molecule has 0 aromatic heterocycles. The van der Waals surface area contributed by atoms with Crippen molar-refractivity contribution in [3.63, 3.8) is 0 Å². The average Bonchev–Trinajstić information content (AvgIpc) is 2.78. The van der Waals surface area contributed by atoms with Gasteiger partial charge in [0.1, 0.15) is 5.25 Å². The Morgan fingerprint density at radius 2 is 1.78 bits per heavy atom. The second-order valence-electron chi connectivity index (χ2n) is 6.76. The molecule has 1 heterocycles. The minimum Gasteiger partial charge on any atom is -0.398 e. The summed E-state index contributed by atoms with van der Waals surface area (Å²) in [4.78, 5) is -1.02. The van der Waals surface area contributed by atoms with E-state index < -0.39 is 30.1 Å². The lowest BCUT2D eigenvalue weighted by atomic mass is 10.1. The summed E-state index contributed by atoms with van der Waals surface area (Å²) in [6, 6.07) is 8.80. The van der Waals surface area contributed by atoms with Gasteiger partial charge in [-0.25, -0.2) is 8.42 Å². The van der Waals surface area contributed by atoms with Gasteiger partial charge in [0.05, 0.1) is 15.6 Å². The standard InChI is InChI=1S/C17H19ClN2O5S2/c1-10-4-7-15-12(8-10)16(17(2,20(15)3)27(23,24)25)26(21,22)11-5-6-14(19)13(18)9-11/h4-9,16H,19H2,1-3H3,(H,23,24,25). The summed E-state index contributed by atoms with van der Waals surface area (Å²) in [5, 5.41) is -1.51. The number of rotatable bonds is 3.